The molecule has 0 N–H and O–H groups in total. The van der Waals surface area contributed by atoms with Crippen LogP contribution < -0.4 is 0 Å². The lowest BCUT2D eigenvalue weighted by Gasteiger charge is -2.33. The van der Waals surface area contributed by atoms with Gasteiger partial charge in [0.15, 0.2) is 0 Å². The number of imidazole rings is 1. The molecule has 4 aromatic rings. The van der Waals surface area contributed by atoms with Crippen molar-refractivity contribution in [3.05, 3.63) is 114 Å². The van der Waals surface area contributed by atoms with Crippen LogP contribution in [0.2, 0.25) is 0 Å². The molecule has 4 rings (SSSR count). The van der Waals surface area contributed by atoms with E-state index in [1.807, 2.05) is 85.3 Å². The standard InChI is InChI=1S/C33H37N5O3/c1-25-35-23-30(37(25)3)14-15-32(39)38(24-27-10-12-28(13-11-27)29-16-18-34-19-17-29)31(22-26-8-6-5-7-9-26)33(40)36(2)20-21-41-4/h5-19,23,31H,20-22,24H2,1-4H3. The Morgan fingerprint density at radius 3 is 2.29 bits per heavy atom. The number of pyridine rings is 1. The van der Waals surface area contributed by atoms with Gasteiger partial charge in [0, 0.05) is 59.2 Å². The molecule has 41 heavy (non-hydrogen) atoms. The molecule has 0 aliphatic carbocycles. The van der Waals surface area contributed by atoms with Crippen molar-refractivity contribution in [2.24, 2.45) is 7.05 Å². The predicted molar refractivity (Wildman–Crippen MR) is 161 cm³/mol. The normalized spacial score (nSPS) is 11.9. The lowest BCUT2D eigenvalue weighted by molar-refractivity contribution is -0.143. The van der Waals surface area contributed by atoms with Crippen molar-refractivity contribution in [1.29, 1.82) is 0 Å². The monoisotopic (exact) mass is 551 g/mol. The number of methoxy groups -OCH3 is 1. The second-order valence-electron chi connectivity index (χ2n) is 9.98. The van der Waals surface area contributed by atoms with Crippen molar-refractivity contribution in [2.75, 3.05) is 27.3 Å². The van der Waals surface area contributed by atoms with Gasteiger partial charge in [-0.05, 0) is 47.4 Å². The minimum Gasteiger partial charge on any atom is -0.383 e. The third-order valence-electron chi connectivity index (χ3n) is 7.20. The van der Waals surface area contributed by atoms with Gasteiger partial charge in [-0.3, -0.25) is 14.6 Å². The van der Waals surface area contributed by atoms with E-state index in [4.69, 9.17) is 4.74 Å². The summed E-state index contributed by atoms with van der Waals surface area (Å²) < 4.78 is 7.13. The van der Waals surface area contributed by atoms with Crippen molar-refractivity contribution >= 4 is 17.9 Å². The number of aromatic nitrogens is 3. The first kappa shape index (κ1) is 29.4. The first-order chi connectivity index (χ1) is 19.9. The zero-order valence-corrected chi connectivity index (χ0v) is 24.1. The molecule has 2 heterocycles. The van der Waals surface area contributed by atoms with E-state index in [9.17, 15) is 9.59 Å². The van der Waals surface area contributed by atoms with Gasteiger partial charge < -0.3 is 19.1 Å². The molecule has 8 nitrogen and oxygen atoms in total. The predicted octanol–water partition coefficient (Wildman–Crippen LogP) is 4.55. The van der Waals surface area contributed by atoms with Crippen LogP contribution in [0.3, 0.4) is 0 Å². The Hall–Kier alpha value is -4.56. The second kappa shape index (κ2) is 14.2. The van der Waals surface area contributed by atoms with E-state index in [1.165, 1.54) is 6.08 Å². The summed E-state index contributed by atoms with van der Waals surface area (Å²) in [7, 11) is 5.26. The molecule has 0 bridgehead atoms. The third-order valence-corrected chi connectivity index (χ3v) is 7.20. The minimum atomic E-state index is -0.718. The van der Waals surface area contributed by atoms with Gasteiger partial charge in [-0.25, -0.2) is 4.98 Å². The van der Waals surface area contributed by atoms with Crippen LogP contribution in [0, 0.1) is 6.92 Å². The highest BCUT2D eigenvalue weighted by Crippen LogP contribution is 2.22. The van der Waals surface area contributed by atoms with E-state index in [0.29, 0.717) is 19.6 Å². The molecule has 0 fully saturated rings. The SMILES string of the molecule is COCCN(C)C(=O)C(Cc1ccccc1)N(Cc1ccc(-c2ccncc2)cc1)C(=O)C=Cc1cnc(C)n1C. The average molecular weight is 552 g/mol. The smallest absolute Gasteiger partial charge is 0.247 e. The molecule has 2 amide bonds. The summed E-state index contributed by atoms with van der Waals surface area (Å²) in [5.41, 5.74) is 4.82. The number of rotatable bonds is 12. The van der Waals surface area contributed by atoms with Crippen LogP contribution in [0.4, 0.5) is 0 Å². The van der Waals surface area contributed by atoms with Gasteiger partial charge in [-0.15, -0.1) is 0 Å². The number of aryl methyl sites for hydroxylation is 1. The van der Waals surface area contributed by atoms with Gasteiger partial charge in [0.25, 0.3) is 0 Å². The maximum absolute atomic E-state index is 13.9. The molecular formula is C33H37N5O3. The van der Waals surface area contributed by atoms with Gasteiger partial charge in [0.05, 0.1) is 18.5 Å². The van der Waals surface area contributed by atoms with Gasteiger partial charge in [-0.1, -0.05) is 54.6 Å². The number of hydrogen-bond acceptors (Lipinski definition) is 5. The van der Waals surface area contributed by atoms with Gasteiger partial charge in [0.2, 0.25) is 11.8 Å². The first-order valence-corrected chi connectivity index (χ1v) is 13.6. The lowest BCUT2D eigenvalue weighted by atomic mass is 10.0. The van der Waals surface area contributed by atoms with Crippen LogP contribution >= 0.6 is 0 Å². The summed E-state index contributed by atoms with van der Waals surface area (Å²) >= 11 is 0. The topological polar surface area (TPSA) is 80.6 Å². The Labute approximate surface area is 241 Å². The van der Waals surface area contributed by atoms with E-state index in [2.05, 4.69) is 9.97 Å². The third kappa shape index (κ3) is 7.77. The maximum Gasteiger partial charge on any atom is 0.247 e. The van der Waals surface area contributed by atoms with Gasteiger partial charge in [0.1, 0.15) is 11.9 Å². The van der Waals surface area contributed by atoms with Gasteiger partial charge >= 0.3 is 0 Å². The quantitative estimate of drug-likeness (QED) is 0.242. The Morgan fingerprint density at radius 2 is 1.66 bits per heavy atom. The van der Waals surface area contributed by atoms with E-state index < -0.39 is 6.04 Å². The molecule has 212 valence electrons. The highest BCUT2D eigenvalue weighted by Gasteiger charge is 2.31. The number of nitrogens with zero attached hydrogens (tertiary/aromatic N) is 5. The Balaban J connectivity index is 1.69. The van der Waals surface area contributed by atoms with Crippen LogP contribution in [-0.4, -0.2) is 69.5 Å². The highest BCUT2D eigenvalue weighted by molar-refractivity contribution is 5.95. The first-order valence-electron chi connectivity index (χ1n) is 13.6. The number of ether oxygens (including phenoxy) is 1. The Morgan fingerprint density at radius 1 is 0.976 bits per heavy atom. The van der Waals surface area contributed by atoms with Crippen molar-refractivity contribution < 1.29 is 14.3 Å². The second-order valence-corrected chi connectivity index (χ2v) is 9.98. The average Bonchev–Trinajstić information content (AvgIpc) is 3.33. The minimum absolute atomic E-state index is 0.141. The summed E-state index contributed by atoms with van der Waals surface area (Å²) in [5.74, 6) is 0.453. The summed E-state index contributed by atoms with van der Waals surface area (Å²) in [6, 6.07) is 21.1. The molecule has 1 atom stereocenters. The molecule has 0 aliphatic heterocycles. The number of carbonyl (C=O) groups is 2. The van der Waals surface area contributed by atoms with E-state index in [-0.39, 0.29) is 18.4 Å². The number of likely N-dealkylation sites (N-methyl/N-ethyl adjacent to an activating group) is 1. The summed E-state index contributed by atoms with van der Waals surface area (Å²) in [5, 5.41) is 0. The van der Waals surface area contributed by atoms with Crippen LogP contribution in [0.1, 0.15) is 22.6 Å². The fraction of sp³-hybridized carbons (Fsp3) is 0.273. The van der Waals surface area contributed by atoms with Crippen molar-refractivity contribution in [1.82, 2.24) is 24.3 Å². The maximum atomic E-state index is 13.9. The summed E-state index contributed by atoms with van der Waals surface area (Å²) in [4.78, 5) is 39.5. The molecule has 1 unspecified atom stereocenters. The lowest BCUT2D eigenvalue weighted by Crippen LogP contribution is -2.51. The molecule has 8 heteroatoms. The molecule has 0 radical (unpaired) electrons. The van der Waals surface area contributed by atoms with Crippen molar-refractivity contribution in [3.8, 4) is 11.1 Å². The van der Waals surface area contributed by atoms with Crippen molar-refractivity contribution in [2.45, 2.75) is 25.9 Å². The highest BCUT2D eigenvalue weighted by atomic mass is 16.5. The molecule has 2 aromatic carbocycles. The molecule has 0 aliphatic rings. The zero-order valence-electron chi connectivity index (χ0n) is 24.1. The summed E-state index contributed by atoms with van der Waals surface area (Å²) in [6.07, 6.45) is 8.92. The van der Waals surface area contributed by atoms with Crippen molar-refractivity contribution in [3.63, 3.8) is 0 Å². The summed E-state index contributed by atoms with van der Waals surface area (Å²) in [6.45, 7) is 3.01. The largest absolute Gasteiger partial charge is 0.383 e. The number of carbonyl (C=O) groups excluding carboxylic acids is 2. The van der Waals surface area contributed by atoms with E-state index in [1.54, 1.807) is 48.6 Å². The van der Waals surface area contributed by atoms with Crippen LogP contribution in [-0.2, 0) is 34.3 Å². The molecule has 2 aromatic heterocycles. The molecule has 0 saturated carbocycles. The molecule has 0 saturated heterocycles. The fourth-order valence-corrected chi connectivity index (χ4v) is 4.57. The van der Waals surface area contributed by atoms with E-state index in [0.717, 1.165) is 33.8 Å². The van der Waals surface area contributed by atoms with E-state index >= 15 is 0 Å². The fourth-order valence-electron chi connectivity index (χ4n) is 4.57. The van der Waals surface area contributed by atoms with Crippen LogP contribution in [0.15, 0.2) is 91.4 Å². The molecule has 0 spiro atoms. The zero-order chi connectivity index (χ0) is 29.2. The number of amides is 2. The Kier molecular flexibility index (Phi) is 10.2. The van der Waals surface area contributed by atoms with Gasteiger partial charge in [-0.2, -0.15) is 0 Å². The van der Waals surface area contributed by atoms with Crippen LogP contribution in [0.5, 0.6) is 0 Å². The number of hydrogen-bond donors (Lipinski definition) is 0. The Bertz CT molecular complexity index is 1450. The van der Waals surface area contributed by atoms with Crippen LogP contribution in [0.25, 0.3) is 17.2 Å². The number of benzene rings is 2. The molecular weight excluding hydrogens is 514 g/mol.